The van der Waals surface area contributed by atoms with Crippen LogP contribution in [0.25, 0.3) is 21.3 Å². The first kappa shape index (κ1) is 19.8. The van der Waals surface area contributed by atoms with E-state index in [1.807, 2.05) is 49.4 Å². The Bertz CT molecular complexity index is 1240. The molecule has 2 aromatic heterocycles. The number of hydrogen-bond acceptors (Lipinski definition) is 7. The van der Waals surface area contributed by atoms with E-state index in [9.17, 15) is 4.79 Å². The summed E-state index contributed by atoms with van der Waals surface area (Å²) in [6.45, 7) is 3.71. The highest BCUT2D eigenvalue weighted by Crippen LogP contribution is 2.33. The third-order valence-electron chi connectivity index (χ3n) is 5.21. The number of para-hydroxylation sites is 2. The van der Waals surface area contributed by atoms with Gasteiger partial charge in [0.05, 0.1) is 46.7 Å². The maximum atomic E-state index is 13.5. The van der Waals surface area contributed by atoms with Gasteiger partial charge >= 0.3 is 0 Å². The molecule has 0 spiro atoms. The number of rotatable bonds is 6. The van der Waals surface area contributed by atoms with Crippen LogP contribution >= 0.6 is 11.3 Å². The van der Waals surface area contributed by atoms with Crippen LogP contribution in [0.2, 0.25) is 0 Å². The van der Waals surface area contributed by atoms with Crippen LogP contribution in [0.5, 0.6) is 5.75 Å². The first-order chi connectivity index (χ1) is 15.2. The van der Waals surface area contributed by atoms with Crippen LogP contribution in [0.3, 0.4) is 0 Å². The fourth-order valence-corrected chi connectivity index (χ4v) is 4.70. The number of hydrogen-bond donors (Lipinski definition) is 0. The molecule has 1 unspecified atom stereocenters. The molecule has 1 aliphatic rings. The highest BCUT2D eigenvalue weighted by atomic mass is 32.1. The molecular weight excluding hydrogens is 412 g/mol. The maximum Gasteiger partial charge on any atom is 0.280 e. The Balaban J connectivity index is 1.52. The second-order valence-electron chi connectivity index (χ2n) is 7.35. The lowest BCUT2D eigenvalue weighted by molar-refractivity contribution is 0.0913. The van der Waals surface area contributed by atoms with E-state index in [4.69, 9.17) is 14.5 Å². The van der Waals surface area contributed by atoms with Gasteiger partial charge in [0.1, 0.15) is 11.4 Å². The molecule has 158 valence electrons. The summed E-state index contributed by atoms with van der Waals surface area (Å²) in [6, 6.07) is 13.3. The molecule has 7 nitrogen and oxygen atoms in total. The van der Waals surface area contributed by atoms with Gasteiger partial charge in [0.25, 0.3) is 5.91 Å². The zero-order valence-electron chi connectivity index (χ0n) is 17.2. The minimum atomic E-state index is -0.224. The lowest BCUT2D eigenvalue weighted by Crippen LogP contribution is -2.38. The van der Waals surface area contributed by atoms with Gasteiger partial charge in [0.2, 0.25) is 0 Å². The van der Waals surface area contributed by atoms with E-state index < -0.39 is 0 Å². The third-order valence-corrected chi connectivity index (χ3v) is 6.25. The zero-order valence-corrected chi connectivity index (χ0v) is 18.0. The van der Waals surface area contributed by atoms with Crippen molar-refractivity contribution < 1.29 is 14.3 Å². The van der Waals surface area contributed by atoms with Gasteiger partial charge in [-0.1, -0.05) is 23.5 Å². The minimum absolute atomic E-state index is 0.0108. The molecule has 1 amide bonds. The lowest BCUT2D eigenvalue weighted by atomic mass is 10.2. The van der Waals surface area contributed by atoms with Gasteiger partial charge in [0, 0.05) is 6.61 Å². The SMILES string of the molecule is CCOc1ccc2nc(N(CC3CCCO3)C(=O)c3cnc4ccccc4n3)sc2c1. The number of fused-ring (bicyclic) bond motifs is 2. The van der Waals surface area contributed by atoms with Crippen molar-refractivity contribution in [3.63, 3.8) is 0 Å². The monoisotopic (exact) mass is 434 g/mol. The first-order valence-electron chi connectivity index (χ1n) is 10.4. The highest BCUT2D eigenvalue weighted by molar-refractivity contribution is 7.22. The average Bonchev–Trinajstić information content (AvgIpc) is 3.46. The average molecular weight is 435 g/mol. The second kappa shape index (κ2) is 8.56. The van der Waals surface area contributed by atoms with Crippen LogP contribution in [0.1, 0.15) is 30.3 Å². The van der Waals surface area contributed by atoms with E-state index in [0.29, 0.717) is 29.5 Å². The minimum Gasteiger partial charge on any atom is -0.494 e. The number of benzene rings is 2. The molecule has 2 aromatic carbocycles. The van der Waals surface area contributed by atoms with Crippen molar-refractivity contribution in [2.45, 2.75) is 25.9 Å². The number of anilines is 1. The van der Waals surface area contributed by atoms with Gasteiger partial charge < -0.3 is 9.47 Å². The zero-order chi connectivity index (χ0) is 21.2. The molecule has 8 heteroatoms. The van der Waals surface area contributed by atoms with Crippen LogP contribution in [0.4, 0.5) is 5.13 Å². The molecule has 3 heterocycles. The molecule has 1 saturated heterocycles. The molecule has 1 fully saturated rings. The molecule has 1 aliphatic heterocycles. The van der Waals surface area contributed by atoms with Gasteiger partial charge in [0.15, 0.2) is 5.13 Å². The van der Waals surface area contributed by atoms with Crippen molar-refractivity contribution in [3.8, 4) is 5.75 Å². The summed E-state index contributed by atoms with van der Waals surface area (Å²) in [5.74, 6) is 0.570. The molecule has 0 saturated carbocycles. The number of nitrogens with zero attached hydrogens (tertiary/aromatic N) is 4. The van der Waals surface area contributed by atoms with E-state index in [0.717, 1.165) is 40.9 Å². The van der Waals surface area contributed by atoms with E-state index >= 15 is 0 Å². The largest absolute Gasteiger partial charge is 0.494 e. The van der Waals surface area contributed by atoms with Crippen molar-refractivity contribution in [2.24, 2.45) is 0 Å². The summed E-state index contributed by atoms with van der Waals surface area (Å²) in [5, 5.41) is 0.624. The molecule has 4 aromatic rings. The smallest absolute Gasteiger partial charge is 0.280 e. The molecular formula is C23H22N4O3S. The Morgan fingerprint density at radius 2 is 2.06 bits per heavy atom. The van der Waals surface area contributed by atoms with Crippen molar-refractivity contribution in [2.75, 3.05) is 24.7 Å². The lowest BCUT2D eigenvalue weighted by Gasteiger charge is -2.22. The van der Waals surface area contributed by atoms with Crippen LogP contribution in [-0.2, 0) is 4.74 Å². The Labute approximate surface area is 183 Å². The highest BCUT2D eigenvalue weighted by Gasteiger charge is 2.28. The molecule has 0 N–H and O–H groups in total. The van der Waals surface area contributed by atoms with Crippen molar-refractivity contribution in [3.05, 3.63) is 54.4 Å². The molecule has 0 bridgehead atoms. The Hall–Kier alpha value is -3.10. The first-order valence-corrected chi connectivity index (χ1v) is 11.2. The number of ether oxygens (including phenoxy) is 2. The summed E-state index contributed by atoms with van der Waals surface area (Å²) in [4.78, 5) is 28.9. The summed E-state index contributed by atoms with van der Waals surface area (Å²) in [5.41, 5.74) is 2.58. The molecule has 5 rings (SSSR count). The van der Waals surface area contributed by atoms with Crippen molar-refractivity contribution >= 4 is 43.6 Å². The predicted molar refractivity (Wildman–Crippen MR) is 121 cm³/mol. The molecule has 0 radical (unpaired) electrons. The summed E-state index contributed by atoms with van der Waals surface area (Å²) < 4.78 is 12.4. The van der Waals surface area contributed by atoms with Crippen LogP contribution in [0.15, 0.2) is 48.7 Å². The Kier molecular flexibility index (Phi) is 5.48. The molecule has 0 aliphatic carbocycles. The van der Waals surface area contributed by atoms with Crippen LogP contribution in [0, 0.1) is 0 Å². The van der Waals surface area contributed by atoms with E-state index in [1.54, 1.807) is 4.90 Å². The van der Waals surface area contributed by atoms with Gasteiger partial charge in [-0.15, -0.1) is 0 Å². The third kappa shape index (κ3) is 4.08. The topological polar surface area (TPSA) is 77.4 Å². The van der Waals surface area contributed by atoms with Crippen LogP contribution < -0.4 is 9.64 Å². The summed E-state index contributed by atoms with van der Waals surface area (Å²) >= 11 is 1.47. The maximum absolute atomic E-state index is 13.5. The quantitative estimate of drug-likeness (QED) is 0.446. The number of thiazole rings is 1. The number of amides is 1. The number of carbonyl (C=O) groups excluding carboxylic acids is 1. The van der Waals surface area contributed by atoms with E-state index in [-0.39, 0.29) is 12.0 Å². The van der Waals surface area contributed by atoms with Crippen LogP contribution in [-0.4, -0.2) is 46.7 Å². The van der Waals surface area contributed by atoms with Gasteiger partial charge in [-0.2, -0.15) is 0 Å². The second-order valence-corrected chi connectivity index (χ2v) is 8.36. The number of carbonyl (C=O) groups is 1. The van der Waals surface area contributed by atoms with Gasteiger partial charge in [-0.3, -0.25) is 14.7 Å². The summed E-state index contributed by atoms with van der Waals surface area (Å²) in [6.07, 6.45) is 3.45. The van der Waals surface area contributed by atoms with Gasteiger partial charge in [-0.05, 0) is 50.1 Å². The standard InChI is InChI=1S/C23H22N4O3S/c1-2-29-15-9-10-19-21(12-15)31-23(26-19)27(14-16-6-5-11-30-16)22(28)20-13-24-17-7-3-4-8-18(17)25-20/h3-4,7-10,12-13,16H,2,5-6,11,14H2,1H3. The van der Waals surface area contributed by atoms with E-state index in [2.05, 4.69) is 9.97 Å². The van der Waals surface area contributed by atoms with Crippen molar-refractivity contribution in [1.82, 2.24) is 15.0 Å². The van der Waals surface area contributed by atoms with Gasteiger partial charge in [-0.25, -0.2) is 9.97 Å². The van der Waals surface area contributed by atoms with Crippen molar-refractivity contribution in [1.29, 1.82) is 0 Å². The number of aromatic nitrogens is 3. The van der Waals surface area contributed by atoms with E-state index in [1.165, 1.54) is 17.5 Å². The Morgan fingerprint density at radius 1 is 1.19 bits per heavy atom. The summed E-state index contributed by atoms with van der Waals surface area (Å²) in [7, 11) is 0. The molecule has 1 atom stereocenters. The fraction of sp³-hybridized carbons (Fsp3) is 0.304. The fourth-order valence-electron chi connectivity index (χ4n) is 3.70. The Morgan fingerprint density at radius 3 is 2.87 bits per heavy atom. The predicted octanol–water partition coefficient (Wildman–Crippen LogP) is 4.46. The normalized spacial score (nSPS) is 16.1. The molecule has 31 heavy (non-hydrogen) atoms.